The van der Waals surface area contributed by atoms with Gasteiger partial charge in [0.25, 0.3) is 0 Å². The number of fused-ring (bicyclic) bond motifs is 3. The van der Waals surface area contributed by atoms with E-state index >= 15 is 0 Å². The number of hydrogen-bond acceptors (Lipinski definition) is 6. The number of thioether (sulfide) groups is 1. The Balaban J connectivity index is 1.84. The summed E-state index contributed by atoms with van der Waals surface area (Å²) >= 11 is 5.06. The number of aromatic nitrogens is 3. The fourth-order valence-electron chi connectivity index (χ4n) is 2.66. The molecule has 2 aromatic carbocycles. The standard InChI is InChI=1S/C18H15BrN4OS/c1-2-25-18-21-17-15(22-23-18)13-8-3-4-9-14(13)20-16(24-17)11-6-5-7-12(19)10-11/h3-10,16,20H,2H2,1H3/t16-/m1/s1. The van der Waals surface area contributed by atoms with Gasteiger partial charge in [0.05, 0.1) is 0 Å². The Morgan fingerprint density at radius 2 is 2.04 bits per heavy atom. The number of nitrogens with one attached hydrogen (secondary N) is 1. The van der Waals surface area contributed by atoms with E-state index in [4.69, 9.17) is 4.74 Å². The highest BCUT2D eigenvalue weighted by molar-refractivity contribution is 9.10. The van der Waals surface area contributed by atoms with Crippen molar-refractivity contribution >= 4 is 33.4 Å². The summed E-state index contributed by atoms with van der Waals surface area (Å²) in [5.74, 6) is 1.37. The first-order valence-electron chi connectivity index (χ1n) is 7.90. The van der Waals surface area contributed by atoms with E-state index in [-0.39, 0.29) is 6.23 Å². The van der Waals surface area contributed by atoms with Crippen LogP contribution in [-0.2, 0) is 0 Å². The summed E-state index contributed by atoms with van der Waals surface area (Å²) in [7, 11) is 0. The smallest absolute Gasteiger partial charge is 0.247 e. The van der Waals surface area contributed by atoms with Gasteiger partial charge in [-0.3, -0.25) is 0 Å². The maximum atomic E-state index is 6.21. The largest absolute Gasteiger partial charge is 0.448 e. The maximum Gasteiger partial charge on any atom is 0.247 e. The highest BCUT2D eigenvalue weighted by Crippen LogP contribution is 2.39. The van der Waals surface area contributed by atoms with Gasteiger partial charge in [-0.2, -0.15) is 4.98 Å². The number of para-hydroxylation sites is 1. The third-order valence-corrected chi connectivity index (χ3v) is 4.97. The van der Waals surface area contributed by atoms with Gasteiger partial charge >= 0.3 is 0 Å². The molecule has 0 aliphatic carbocycles. The molecule has 0 amide bonds. The average molecular weight is 415 g/mol. The van der Waals surface area contributed by atoms with Gasteiger partial charge in [-0.15, -0.1) is 10.2 Å². The van der Waals surface area contributed by atoms with Crippen LogP contribution in [0.5, 0.6) is 5.88 Å². The number of nitrogens with zero attached hydrogens (tertiary/aromatic N) is 3. The van der Waals surface area contributed by atoms with Crippen LogP contribution in [0.3, 0.4) is 0 Å². The lowest BCUT2D eigenvalue weighted by molar-refractivity contribution is 0.225. The Hall–Kier alpha value is -2.12. The van der Waals surface area contributed by atoms with Gasteiger partial charge in [-0.25, -0.2) is 0 Å². The molecule has 7 heteroatoms. The fraction of sp³-hybridized carbons (Fsp3) is 0.167. The van der Waals surface area contributed by atoms with Gasteiger partial charge < -0.3 is 10.1 Å². The maximum absolute atomic E-state index is 6.21. The Bertz CT molecular complexity index is 921. The molecule has 0 fully saturated rings. The Morgan fingerprint density at radius 1 is 1.16 bits per heavy atom. The summed E-state index contributed by atoms with van der Waals surface area (Å²) in [6.45, 7) is 2.06. The molecule has 25 heavy (non-hydrogen) atoms. The minimum atomic E-state index is -0.365. The van der Waals surface area contributed by atoms with Crippen LogP contribution in [0.15, 0.2) is 58.2 Å². The molecule has 0 radical (unpaired) electrons. The predicted octanol–water partition coefficient (Wildman–Crippen LogP) is 4.92. The SMILES string of the molecule is CCSc1nnc2c(n1)O[C@H](c1cccc(Br)c1)Nc1ccccc1-2. The molecule has 1 aromatic heterocycles. The molecule has 1 aliphatic rings. The monoisotopic (exact) mass is 414 g/mol. The molecule has 126 valence electrons. The highest BCUT2D eigenvalue weighted by Gasteiger charge is 2.25. The van der Waals surface area contributed by atoms with Crippen LogP contribution in [-0.4, -0.2) is 20.9 Å². The van der Waals surface area contributed by atoms with Crippen molar-refractivity contribution in [1.29, 1.82) is 0 Å². The van der Waals surface area contributed by atoms with Crippen LogP contribution in [0, 0.1) is 0 Å². The topological polar surface area (TPSA) is 59.9 Å². The molecule has 1 aliphatic heterocycles. The first-order valence-corrected chi connectivity index (χ1v) is 9.68. The van der Waals surface area contributed by atoms with Crippen molar-refractivity contribution in [3.05, 3.63) is 58.6 Å². The Morgan fingerprint density at radius 3 is 2.88 bits per heavy atom. The molecule has 0 unspecified atom stereocenters. The van der Waals surface area contributed by atoms with E-state index < -0.39 is 0 Å². The Labute approximate surface area is 158 Å². The number of halogens is 1. The summed E-state index contributed by atoms with van der Waals surface area (Å²) in [6.07, 6.45) is -0.365. The van der Waals surface area contributed by atoms with Gasteiger partial charge in [0.15, 0.2) is 11.9 Å². The number of benzene rings is 2. The van der Waals surface area contributed by atoms with E-state index in [1.165, 1.54) is 0 Å². The van der Waals surface area contributed by atoms with Crippen molar-refractivity contribution < 1.29 is 4.74 Å². The number of hydrogen-bond donors (Lipinski definition) is 1. The molecule has 2 heterocycles. The van der Waals surface area contributed by atoms with E-state index in [1.54, 1.807) is 11.8 Å². The quantitative estimate of drug-likeness (QED) is 0.613. The van der Waals surface area contributed by atoms with Crippen LogP contribution in [0.1, 0.15) is 18.7 Å². The molecule has 3 aromatic rings. The fourth-order valence-corrected chi connectivity index (χ4v) is 3.58. The van der Waals surface area contributed by atoms with Crippen molar-refractivity contribution in [3.8, 4) is 17.1 Å². The molecule has 0 spiro atoms. The zero-order valence-electron chi connectivity index (χ0n) is 13.4. The van der Waals surface area contributed by atoms with Crippen LogP contribution in [0.25, 0.3) is 11.3 Å². The third kappa shape index (κ3) is 3.34. The molecule has 0 saturated heterocycles. The molecule has 0 bridgehead atoms. The zero-order valence-corrected chi connectivity index (χ0v) is 15.8. The minimum absolute atomic E-state index is 0.365. The van der Waals surface area contributed by atoms with Crippen molar-refractivity contribution in [2.75, 3.05) is 11.1 Å². The van der Waals surface area contributed by atoms with Crippen molar-refractivity contribution in [3.63, 3.8) is 0 Å². The summed E-state index contributed by atoms with van der Waals surface area (Å²) in [6, 6.07) is 16.0. The van der Waals surface area contributed by atoms with E-state index in [9.17, 15) is 0 Å². The average Bonchev–Trinajstić information content (AvgIpc) is 2.78. The summed E-state index contributed by atoms with van der Waals surface area (Å²) in [5, 5.41) is 12.7. The van der Waals surface area contributed by atoms with E-state index in [2.05, 4.69) is 43.4 Å². The van der Waals surface area contributed by atoms with Crippen molar-refractivity contribution in [2.24, 2.45) is 0 Å². The normalized spacial score (nSPS) is 15.4. The van der Waals surface area contributed by atoms with E-state index in [1.807, 2.05) is 48.5 Å². The van der Waals surface area contributed by atoms with Crippen LogP contribution in [0.2, 0.25) is 0 Å². The third-order valence-electron chi connectivity index (χ3n) is 3.76. The molecular formula is C18H15BrN4OS. The van der Waals surface area contributed by atoms with Gasteiger partial charge in [0.2, 0.25) is 11.0 Å². The minimum Gasteiger partial charge on any atom is -0.448 e. The van der Waals surface area contributed by atoms with Crippen molar-refractivity contribution in [1.82, 2.24) is 15.2 Å². The summed E-state index contributed by atoms with van der Waals surface area (Å²) in [4.78, 5) is 4.58. The van der Waals surface area contributed by atoms with Gasteiger partial charge in [0, 0.05) is 21.3 Å². The van der Waals surface area contributed by atoms with Crippen LogP contribution in [0.4, 0.5) is 5.69 Å². The number of anilines is 1. The van der Waals surface area contributed by atoms with Gasteiger partial charge in [-0.1, -0.05) is 64.9 Å². The number of rotatable bonds is 3. The predicted molar refractivity (Wildman–Crippen MR) is 103 cm³/mol. The second-order valence-electron chi connectivity index (χ2n) is 5.42. The van der Waals surface area contributed by atoms with Gasteiger partial charge in [-0.05, 0) is 24.0 Å². The summed E-state index contributed by atoms with van der Waals surface area (Å²) in [5.41, 5.74) is 3.53. The van der Waals surface area contributed by atoms with E-state index in [0.717, 1.165) is 27.0 Å². The number of ether oxygens (including phenoxy) is 1. The van der Waals surface area contributed by atoms with Crippen LogP contribution < -0.4 is 10.1 Å². The second kappa shape index (κ2) is 7.01. The van der Waals surface area contributed by atoms with Crippen LogP contribution >= 0.6 is 27.7 Å². The lowest BCUT2D eigenvalue weighted by Gasteiger charge is -2.19. The molecular weight excluding hydrogens is 400 g/mol. The first-order chi connectivity index (χ1) is 12.2. The molecule has 0 saturated carbocycles. The van der Waals surface area contributed by atoms with Gasteiger partial charge in [0.1, 0.15) is 0 Å². The molecule has 5 nitrogen and oxygen atoms in total. The lowest BCUT2D eigenvalue weighted by atomic mass is 10.1. The molecule has 4 rings (SSSR count). The first kappa shape index (κ1) is 16.4. The second-order valence-corrected chi connectivity index (χ2v) is 7.57. The van der Waals surface area contributed by atoms with E-state index in [0.29, 0.717) is 16.7 Å². The van der Waals surface area contributed by atoms with Crippen molar-refractivity contribution in [2.45, 2.75) is 18.3 Å². The molecule has 1 N–H and O–H groups in total. The zero-order chi connectivity index (χ0) is 17.2. The Kier molecular flexibility index (Phi) is 4.59. The summed E-state index contributed by atoms with van der Waals surface area (Å²) < 4.78 is 7.21. The molecule has 1 atom stereocenters. The highest BCUT2D eigenvalue weighted by atomic mass is 79.9. The lowest BCUT2D eigenvalue weighted by Crippen LogP contribution is -2.17.